The van der Waals surface area contributed by atoms with Crippen LogP contribution in [0.1, 0.15) is 5.89 Å². The smallest absolute Gasteiger partial charge is 0.295 e. The summed E-state index contributed by atoms with van der Waals surface area (Å²) in [5.74, 6) is 0.504. The highest BCUT2D eigenvalue weighted by Gasteiger charge is 2.11. The number of hydrogen-bond donors (Lipinski definition) is 1. The molecule has 1 aromatic carbocycles. The third-order valence-corrected chi connectivity index (χ3v) is 2.60. The van der Waals surface area contributed by atoms with Crippen LogP contribution in [-0.2, 0) is 6.42 Å². The van der Waals surface area contributed by atoms with Crippen molar-refractivity contribution in [2.24, 2.45) is 0 Å². The first-order valence-electron chi connectivity index (χ1n) is 5.77. The molecule has 9 heteroatoms. The second kappa shape index (κ2) is 4.96. The van der Waals surface area contributed by atoms with Gasteiger partial charge >= 0.3 is 0 Å². The summed E-state index contributed by atoms with van der Waals surface area (Å²) >= 11 is 0. The zero-order valence-corrected chi connectivity index (χ0v) is 10.1. The molecule has 9 nitrogen and oxygen atoms in total. The summed E-state index contributed by atoms with van der Waals surface area (Å²) in [4.78, 5) is 18.2. The maximum Gasteiger partial charge on any atom is 0.295 e. The van der Waals surface area contributed by atoms with Gasteiger partial charge in [0.05, 0.1) is 4.92 Å². The van der Waals surface area contributed by atoms with Crippen LogP contribution in [0.2, 0.25) is 0 Å². The Labute approximate surface area is 111 Å². The maximum atomic E-state index is 10.7. The molecule has 0 atom stereocenters. The van der Waals surface area contributed by atoms with Gasteiger partial charge in [-0.1, -0.05) is 5.16 Å². The van der Waals surface area contributed by atoms with Gasteiger partial charge in [-0.3, -0.25) is 10.1 Å². The van der Waals surface area contributed by atoms with Gasteiger partial charge in [0.15, 0.2) is 11.9 Å². The number of aromatic nitrogens is 3. The van der Waals surface area contributed by atoms with E-state index in [0.717, 1.165) is 0 Å². The quantitative estimate of drug-likeness (QED) is 0.552. The lowest BCUT2D eigenvalue weighted by Crippen LogP contribution is -2.04. The standard InChI is InChI=1S/C11H9N5O4/c17-16(18)7-1-2-9-8(5-7)15-11(19-9)12-4-3-10-13-6-14-20-10/h1-2,5-6H,3-4H2,(H,12,15). The Bertz CT molecular complexity index is 736. The molecule has 0 aliphatic heterocycles. The first kappa shape index (κ1) is 12.1. The van der Waals surface area contributed by atoms with E-state index in [2.05, 4.69) is 20.4 Å². The Morgan fingerprint density at radius 3 is 3.05 bits per heavy atom. The maximum absolute atomic E-state index is 10.7. The molecular formula is C11H9N5O4. The second-order valence-electron chi connectivity index (χ2n) is 3.94. The lowest BCUT2D eigenvalue weighted by atomic mass is 10.3. The number of nitro benzene ring substituents is 1. The van der Waals surface area contributed by atoms with E-state index in [0.29, 0.717) is 36.0 Å². The van der Waals surface area contributed by atoms with Gasteiger partial charge in [0, 0.05) is 25.1 Å². The van der Waals surface area contributed by atoms with Crippen molar-refractivity contribution in [2.75, 3.05) is 11.9 Å². The third-order valence-electron chi connectivity index (χ3n) is 2.60. The fourth-order valence-corrected chi connectivity index (χ4v) is 1.69. The molecule has 3 rings (SSSR count). The Morgan fingerprint density at radius 1 is 1.40 bits per heavy atom. The van der Waals surface area contributed by atoms with E-state index in [1.165, 1.54) is 24.5 Å². The molecular weight excluding hydrogens is 266 g/mol. The van der Waals surface area contributed by atoms with Crippen molar-refractivity contribution in [2.45, 2.75) is 6.42 Å². The van der Waals surface area contributed by atoms with Crippen LogP contribution in [0.5, 0.6) is 0 Å². The van der Waals surface area contributed by atoms with Gasteiger partial charge in [0.1, 0.15) is 5.52 Å². The van der Waals surface area contributed by atoms with Gasteiger partial charge < -0.3 is 14.3 Å². The number of oxazole rings is 1. The zero-order valence-electron chi connectivity index (χ0n) is 10.1. The topological polar surface area (TPSA) is 120 Å². The van der Waals surface area contributed by atoms with Crippen molar-refractivity contribution in [3.63, 3.8) is 0 Å². The van der Waals surface area contributed by atoms with Gasteiger partial charge in [-0.25, -0.2) is 0 Å². The largest absolute Gasteiger partial charge is 0.424 e. The van der Waals surface area contributed by atoms with E-state index in [1.807, 2.05) is 0 Å². The van der Waals surface area contributed by atoms with Crippen LogP contribution in [0.3, 0.4) is 0 Å². The van der Waals surface area contributed by atoms with Gasteiger partial charge in [-0.15, -0.1) is 0 Å². The first-order valence-corrected chi connectivity index (χ1v) is 5.77. The molecule has 2 aromatic heterocycles. The SMILES string of the molecule is O=[N+]([O-])c1ccc2oc(NCCc3ncno3)nc2c1. The van der Waals surface area contributed by atoms with Gasteiger partial charge in [0.25, 0.3) is 11.7 Å². The fourth-order valence-electron chi connectivity index (χ4n) is 1.69. The molecule has 3 aromatic rings. The van der Waals surface area contributed by atoms with Gasteiger partial charge in [-0.05, 0) is 6.07 Å². The third kappa shape index (κ3) is 2.41. The van der Waals surface area contributed by atoms with Crippen molar-refractivity contribution in [1.82, 2.24) is 15.1 Å². The molecule has 0 unspecified atom stereocenters. The highest BCUT2D eigenvalue weighted by atomic mass is 16.6. The minimum absolute atomic E-state index is 0.0248. The Balaban J connectivity index is 1.70. The summed E-state index contributed by atoms with van der Waals surface area (Å²) in [6, 6.07) is 4.54. The molecule has 20 heavy (non-hydrogen) atoms. The van der Waals surface area contributed by atoms with Crippen LogP contribution >= 0.6 is 0 Å². The molecule has 0 fully saturated rings. The molecule has 0 saturated carbocycles. The Kier molecular flexibility index (Phi) is 2.99. The number of nitrogens with zero attached hydrogens (tertiary/aromatic N) is 4. The van der Waals surface area contributed by atoms with E-state index in [-0.39, 0.29) is 5.69 Å². The van der Waals surface area contributed by atoms with E-state index in [4.69, 9.17) is 8.94 Å². The lowest BCUT2D eigenvalue weighted by molar-refractivity contribution is -0.384. The molecule has 2 heterocycles. The highest BCUT2D eigenvalue weighted by Crippen LogP contribution is 2.23. The highest BCUT2D eigenvalue weighted by molar-refractivity contribution is 5.77. The summed E-state index contributed by atoms with van der Waals surface area (Å²) < 4.78 is 10.3. The number of benzene rings is 1. The second-order valence-corrected chi connectivity index (χ2v) is 3.94. The minimum atomic E-state index is -0.475. The number of fused-ring (bicyclic) bond motifs is 1. The monoisotopic (exact) mass is 275 g/mol. The molecule has 0 bridgehead atoms. The van der Waals surface area contributed by atoms with Crippen LogP contribution in [-0.4, -0.2) is 26.6 Å². The molecule has 0 spiro atoms. The normalized spacial score (nSPS) is 10.8. The van der Waals surface area contributed by atoms with Crippen LogP contribution in [0.15, 0.2) is 33.5 Å². The van der Waals surface area contributed by atoms with E-state index in [9.17, 15) is 10.1 Å². The van der Waals surface area contributed by atoms with E-state index in [1.54, 1.807) is 0 Å². The lowest BCUT2D eigenvalue weighted by Gasteiger charge is -1.96. The number of rotatable bonds is 5. The average Bonchev–Trinajstić information content (AvgIpc) is 3.06. The van der Waals surface area contributed by atoms with Crippen LogP contribution in [0, 0.1) is 10.1 Å². The number of nitro groups is 1. The number of nitrogens with one attached hydrogen (secondary N) is 1. The molecule has 0 saturated heterocycles. The van der Waals surface area contributed by atoms with E-state index >= 15 is 0 Å². The summed E-state index contributed by atoms with van der Waals surface area (Å²) in [6.45, 7) is 0.497. The van der Waals surface area contributed by atoms with Crippen molar-refractivity contribution < 1.29 is 13.9 Å². The van der Waals surface area contributed by atoms with Crippen molar-refractivity contribution in [1.29, 1.82) is 0 Å². The first-order chi connectivity index (χ1) is 9.72. The van der Waals surface area contributed by atoms with Crippen molar-refractivity contribution in [3.05, 3.63) is 40.5 Å². The molecule has 1 N–H and O–H groups in total. The van der Waals surface area contributed by atoms with Crippen LogP contribution < -0.4 is 5.32 Å². The number of hydrogen-bond acceptors (Lipinski definition) is 8. The van der Waals surface area contributed by atoms with Crippen LogP contribution in [0.25, 0.3) is 11.1 Å². The molecule has 0 radical (unpaired) electrons. The minimum Gasteiger partial charge on any atom is -0.424 e. The number of anilines is 1. The molecule has 102 valence electrons. The molecule has 0 amide bonds. The van der Waals surface area contributed by atoms with Crippen molar-refractivity contribution >= 4 is 22.8 Å². The molecule has 0 aliphatic rings. The summed E-state index contributed by atoms with van der Waals surface area (Å²) in [7, 11) is 0. The molecule has 0 aliphatic carbocycles. The van der Waals surface area contributed by atoms with Crippen molar-refractivity contribution in [3.8, 4) is 0 Å². The van der Waals surface area contributed by atoms with E-state index < -0.39 is 4.92 Å². The summed E-state index contributed by atoms with van der Waals surface area (Å²) in [5, 5.41) is 17.1. The summed E-state index contributed by atoms with van der Waals surface area (Å²) in [5.41, 5.74) is 0.888. The Hall–Kier alpha value is -2.97. The fraction of sp³-hybridized carbons (Fsp3) is 0.182. The number of non-ortho nitro benzene ring substituents is 1. The predicted molar refractivity (Wildman–Crippen MR) is 67.2 cm³/mol. The van der Waals surface area contributed by atoms with Gasteiger partial charge in [0.2, 0.25) is 5.89 Å². The van der Waals surface area contributed by atoms with Gasteiger partial charge in [-0.2, -0.15) is 9.97 Å². The zero-order chi connectivity index (χ0) is 13.9. The summed E-state index contributed by atoms with van der Waals surface area (Å²) in [6.07, 6.45) is 1.85. The average molecular weight is 275 g/mol. The van der Waals surface area contributed by atoms with Crippen LogP contribution in [0.4, 0.5) is 11.7 Å². The Morgan fingerprint density at radius 2 is 2.30 bits per heavy atom. The predicted octanol–water partition coefficient (Wildman–Crippen LogP) is 1.77.